The fourth-order valence-electron chi connectivity index (χ4n) is 3.63. The standard InChI is InChI=1S/C20H20N4O4/c1-11-5-12(2)7-13(6-11)23-19(25)17-18(20(23)26)24(22-21-17)14-8-15(27-3)10-16(9-14)28-4/h5-10,17-18H,1-4H3/t17-,18+/m0/s1. The molecule has 0 unspecified atom stereocenters. The van der Waals surface area contributed by atoms with Crippen molar-refractivity contribution in [2.24, 2.45) is 10.3 Å². The van der Waals surface area contributed by atoms with Gasteiger partial charge in [0.05, 0.1) is 25.6 Å². The number of aryl methyl sites for hydroxylation is 2. The monoisotopic (exact) mass is 380 g/mol. The number of imide groups is 1. The smallest absolute Gasteiger partial charge is 0.263 e. The first-order valence-electron chi connectivity index (χ1n) is 8.82. The van der Waals surface area contributed by atoms with Crippen molar-refractivity contribution < 1.29 is 19.1 Å². The normalized spacial score (nSPS) is 20.7. The van der Waals surface area contributed by atoms with E-state index in [-0.39, 0.29) is 11.8 Å². The van der Waals surface area contributed by atoms with Gasteiger partial charge in [-0.25, -0.2) is 9.91 Å². The predicted octanol–water partition coefficient (Wildman–Crippen LogP) is 2.82. The molecule has 0 aliphatic carbocycles. The van der Waals surface area contributed by atoms with E-state index in [9.17, 15) is 9.59 Å². The van der Waals surface area contributed by atoms with Gasteiger partial charge in [-0.3, -0.25) is 9.59 Å². The van der Waals surface area contributed by atoms with Crippen LogP contribution in [0.1, 0.15) is 11.1 Å². The number of nitrogens with zero attached hydrogens (tertiary/aromatic N) is 4. The van der Waals surface area contributed by atoms with Crippen LogP contribution in [0.5, 0.6) is 11.5 Å². The quantitative estimate of drug-likeness (QED) is 0.762. The van der Waals surface area contributed by atoms with Crippen molar-refractivity contribution in [3.8, 4) is 11.5 Å². The van der Waals surface area contributed by atoms with Crippen LogP contribution in [-0.4, -0.2) is 38.1 Å². The van der Waals surface area contributed by atoms with Gasteiger partial charge in [0.2, 0.25) is 0 Å². The Kier molecular flexibility index (Phi) is 4.26. The molecular weight excluding hydrogens is 360 g/mol. The molecule has 2 atom stereocenters. The van der Waals surface area contributed by atoms with E-state index in [0.717, 1.165) is 11.1 Å². The molecule has 2 aliphatic heterocycles. The molecule has 2 aromatic carbocycles. The van der Waals surface area contributed by atoms with Gasteiger partial charge in [0.25, 0.3) is 11.8 Å². The number of anilines is 2. The Morgan fingerprint density at radius 3 is 2.00 bits per heavy atom. The number of benzene rings is 2. The summed E-state index contributed by atoms with van der Waals surface area (Å²) < 4.78 is 10.6. The van der Waals surface area contributed by atoms with E-state index < -0.39 is 12.1 Å². The number of hydrogen-bond acceptors (Lipinski definition) is 7. The molecule has 2 aromatic rings. The molecule has 0 aromatic heterocycles. The molecule has 0 spiro atoms. The van der Waals surface area contributed by atoms with Crippen molar-refractivity contribution in [3.63, 3.8) is 0 Å². The van der Waals surface area contributed by atoms with Crippen LogP contribution in [0.2, 0.25) is 0 Å². The second-order valence-corrected chi connectivity index (χ2v) is 6.87. The lowest BCUT2D eigenvalue weighted by molar-refractivity contribution is -0.121. The highest BCUT2D eigenvalue weighted by Crippen LogP contribution is 2.38. The predicted molar refractivity (Wildman–Crippen MR) is 103 cm³/mol. The SMILES string of the molecule is COc1cc(OC)cc(N2N=N[C@@H]3C(=O)N(c4cc(C)cc(C)c4)C(=O)[C@@H]32)c1. The zero-order chi connectivity index (χ0) is 20.0. The van der Waals surface area contributed by atoms with E-state index in [1.54, 1.807) is 32.4 Å². The summed E-state index contributed by atoms with van der Waals surface area (Å²) in [5.74, 6) is 0.375. The Hall–Kier alpha value is -3.42. The molecular formula is C20H20N4O4. The van der Waals surface area contributed by atoms with Crippen molar-refractivity contribution in [2.45, 2.75) is 25.9 Å². The topological polar surface area (TPSA) is 83.8 Å². The second kappa shape index (κ2) is 6.63. The Morgan fingerprint density at radius 1 is 0.821 bits per heavy atom. The lowest BCUT2D eigenvalue weighted by Gasteiger charge is -2.22. The molecule has 1 fully saturated rings. The van der Waals surface area contributed by atoms with E-state index in [2.05, 4.69) is 10.3 Å². The van der Waals surface area contributed by atoms with Crippen molar-refractivity contribution in [3.05, 3.63) is 47.5 Å². The Balaban J connectivity index is 1.72. The highest BCUT2D eigenvalue weighted by atomic mass is 16.5. The summed E-state index contributed by atoms with van der Waals surface area (Å²) in [6.07, 6.45) is 0. The Morgan fingerprint density at radius 2 is 1.43 bits per heavy atom. The number of ether oxygens (including phenoxy) is 2. The maximum atomic E-state index is 13.2. The molecule has 144 valence electrons. The van der Waals surface area contributed by atoms with Gasteiger partial charge >= 0.3 is 0 Å². The molecule has 8 nitrogen and oxygen atoms in total. The first kappa shape index (κ1) is 18.0. The summed E-state index contributed by atoms with van der Waals surface area (Å²) in [5.41, 5.74) is 3.07. The minimum Gasteiger partial charge on any atom is -0.497 e. The molecule has 8 heteroatoms. The fourth-order valence-corrected chi connectivity index (χ4v) is 3.63. The first-order chi connectivity index (χ1) is 13.4. The summed E-state index contributed by atoms with van der Waals surface area (Å²) in [7, 11) is 3.08. The van der Waals surface area contributed by atoms with Crippen molar-refractivity contribution in [1.29, 1.82) is 0 Å². The molecule has 1 saturated heterocycles. The molecule has 4 rings (SSSR count). The van der Waals surface area contributed by atoms with E-state index in [1.165, 1.54) is 9.91 Å². The first-order valence-corrected chi connectivity index (χ1v) is 8.82. The van der Waals surface area contributed by atoms with E-state index >= 15 is 0 Å². The van der Waals surface area contributed by atoms with Crippen LogP contribution >= 0.6 is 0 Å². The summed E-state index contributed by atoms with van der Waals surface area (Å²) in [6, 6.07) is 9.10. The van der Waals surface area contributed by atoms with Gasteiger partial charge in [-0.15, -0.1) is 0 Å². The minimum absolute atomic E-state index is 0.355. The molecule has 2 amide bonds. The lowest BCUT2D eigenvalue weighted by Crippen LogP contribution is -2.40. The van der Waals surface area contributed by atoms with E-state index in [4.69, 9.17) is 9.47 Å². The maximum Gasteiger partial charge on any atom is 0.263 e. The highest BCUT2D eigenvalue weighted by molar-refractivity contribution is 6.26. The third-order valence-corrected chi connectivity index (χ3v) is 4.85. The number of methoxy groups -OCH3 is 2. The molecule has 0 saturated carbocycles. The molecule has 28 heavy (non-hydrogen) atoms. The van der Waals surface area contributed by atoms with Gasteiger partial charge < -0.3 is 9.47 Å². The minimum atomic E-state index is -0.870. The number of hydrogen-bond donors (Lipinski definition) is 0. The highest BCUT2D eigenvalue weighted by Gasteiger charge is 2.55. The third-order valence-electron chi connectivity index (χ3n) is 4.85. The third kappa shape index (κ3) is 2.77. The van der Waals surface area contributed by atoms with Crippen LogP contribution in [0, 0.1) is 13.8 Å². The Bertz CT molecular complexity index is 961. The molecule has 2 heterocycles. The zero-order valence-corrected chi connectivity index (χ0v) is 16.0. The average molecular weight is 380 g/mol. The molecule has 0 bridgehead atoms. The summed E-state index contributed by atoms with van der Waals surface area (Å²) >= 11 is 0. The number of carbonyl (C=O) groups is 2. The number of carbonyl (C=O) groups excluding carboxylic acids is 2. The number of rotatable bonds is 4. The molecule has 0 radical (unpaired) electrons. The van der Waals surface area contributed by atoms with Crippen LogP contribution in [0.4, 0.5) is 11.4 Å². The summed E-state index contributed by atoms with van der Waals surface area (Å²) in [6.45, 7) is 3.85. The van der Waals surface area contributed by atoms with Crippen molar-refractivity contribution >= 4 is 23.2 Å². The van der Waals surface area contributed by atoms with Gasteiger partial charge in [-0.2, -0.15) is 5.11 Å². The number of amides is 2. The lowest BCUT2D eigenvalue weighted by atomic mass is 10.1. The van der Waals surface area contributed by atoms with Gasteiger partial charge in [0.1, 0.15) is 11.5 Å². The number of fused-ring (bicyclic) bond motifs is 1. The molecule has 0 N–H and O–H groups in total. The van der Waals surface area contributed by atoms with Crippen LogP contribution in [-0.2, 0) is 9.59 Å². The Labute approximate surface area is 162 Å². The van der Waals surface area contributed by atoms with Crippen molar-refractivity contribution in [2.75, 3.05) is 24.1 Å². The van der Waals surface area contributed by atoms with Crippen LogP contribution in [0.25, 0.3) is 0 Å². The van der Waals surface area contributed by atoms with E-state index in [0.29, 0.717) is 22.9 Å². The van der Waals surface area contributed by atoms with Crippen LogP contribution in [0.3, 0.4) is 0 Å². The zero-order valence-electron chi connectivity index (χ0n) is 16.0. The van der Waals surface area contributed by atoms with Gasteiger partial charge in [0, 0.05) is 18.2 Å². The van der Waals surface area contributed by atoms with Crippen molar-refractivity contribution in [1.82, 2.24) is 0 Å². The van der Waals surface area contributed by atoms with E-state index in [1.807, 2.05) is 32.0 Å². The van der Waals surface area contributed by atoms with Gasteiger partial charge in [-0.1, -0.05) is 11.3 Å². The van der Waals surface area contributed by atoms with Crippen LogP contribution < -0.4 is 19.4 Å². The average Bonchev–Trinajstić information content (AvgIpc) is 3.21. The summed E-state index contributed by atoms with van der Waals surface area (Å²) in [5, 5.41) is 9.62. The molecule has 2 aliphatic rings. The van der Waals surface area contributed by atoms with Crippen LogP contribution in [0.15, 0.2) is 46.7 Å². The fraction of sp³-hybridized carbons (Fsp3) is 0.300. The maximum absolute atomic E-state index is 13.2. The second-order valence-electron chi connectivity index (χ2n) is 6.87. The summed E-state index contributed by atoms with van der Waals surface area (Å²) in [4.78, 5) is 27.3. The largest absolute Gasteiger partial charge is 0.497 e. The van der Waals surface area contributed by atoms with Gasteiger partial charge in [0.15, 0.2) is 12.1 Å². The van der Waals surface area contributed by atoms with Gasteiger partial charge in [-0.05, 0) is 37.1 Å².